The molecule has 1 heterocycles. The minimum Gasteiger partial charge on any atom is -0.478 e. The monoisotopic (exact) mass is 317 g/mol. The number of benzene rings is 1. The normalized spacial score (nSPS) is 23.4. The molecule has 2 aliphatic rings. The molecule has 1 amide bonds. The summed E-state index contributed by atoms with van der Waals surface area (Å²) in [5, 5.41) is 12.0. The van der Waals surface area contributed by atoms with Crippen molar-refractivity contribution in [3.8, 4) is 0 Å². The second-order valence-electron chi connectivity index (χ2n) is 6.64. The first-order valence-electron chi connectivity index (χ1n) is 8.36. The Bertz CT molecular complexity index is 570. The van der Waals surface area contributed by atoms with Crippen LogP contribution in [0, 0.1) is 0 Å². The molecule has 0 bridgehead atoms. The Morgan fingerprint density at radius 3 is 2.39 bits per heavy atom. The fourth-order valence-corrected chi connectivity index (χ4v) is 3.73. The maximum atomic E-state index is 12.4. The van der Waals surface area contributed by atoms with Crippen molar-refractivity contribution in [2.75, 3.05) is 6.61 Å². The Hall–Kier alpha value is -1.88. The highest BCUT2D eigenvalue weighted by molar-refractivity contribution is 5.96. The van der Waals surface area contributed by atoms with E-state index < -0.39 is 5.97 Å². The topological polar surface area (TPSA) is 75.6 Å². The van der Waals surface area contributed by atoms with Crippen molar-refractivity contribution in [2.24, 2.45) is 0 Å². The van der Waals surface area contributed by atoms with Crippen LogP contribution in [0.2, 0.25) is 0 Å². The van der Waals surface area contributed by atoms with Crippen LogP contribution >= 0.6 is 0 Å². The number of hydrogen-bond acceptors (Lipinski definition) is 3. The summed E-state index contributed by atoms with van der Waals surface area (Å²) >= 11 is 0. The predicted octanol–water partition coefficient (Wildman–Crippen LogP) is 3.00. The van der Waals surface area contributed by atoms with E-state index in [-0.39, 0.29) is 23.1 Å². The van der Waals surface area contributed by atoms with Crippen LogP contribution in [0.3, 0.4) is 0 Å². The number of amides is 1. The van der Waals surface area contributed by atoms with Crippen molar-refractivity contribution in [2.45, 2.75) is 56.6 Å². The van der Waals surface area contributed by atoms with Crippen LogP contribution < -0.4 is 5.32 Å². The molecule has 23 heavy (non-hydrogen) atoms. The van der Waals surface area contributed by atoms with Gasteiger partial charge in [-0.2, -0.15) is 0 Å². The summed E-state index contributed by atoms with van der Waals surface area (Å²) in [6.07, 6.45) is 7.58. The number of rotatable bonds is 3. The molecule has 1 saturated heterocycles. The zero-order valence-electron chi connectivity index (χ0n) is 13.2. The van der Waals surface area contributed by atoms with E-state index in [4.69, 9.17) is 9.84 Å². The summed E-state index contributed by atoms with van der Waals surface area (Å²) in [4.78, 5) is 23.2. The van der Waals surface area contributed by atoms with Gasteiger partial charge in [-0.15, -0.1) is 0 Å². The zero-order valence-corrected chi connectivity index (χ0v) is 13.2. The summed E-state index contributed by atoms with van der Waals surface area (Å²) in [7, 11) is 0. The van der Waals surface area contributed by atoms with Gasteiger partial charge >= 0.3 is 5.97 Å². The van der Waals surface area contributed by atoms with E-state index in [1.165, 1.54) is 31.4 Å². The summed E-state index contributed by atoms with van der Waals surface area (Å²) in [6.45, 7) is 0.697. The largest absolute Gasteiger partial charge is 0.478 e. The van der Waals surface area contributed by atoms with Gasteiger partial charge in [0.05, 0.1) is 11.2 Å². The average molecular weight is 317 g/mol. The minimum absolute atomic E-state index is 0.0401. The molecule has 1 aromatic carbocycles. The lowest BCUT2D eigenvalue weighted by Crippen LogP contribution is -2.49. The maximum absolute atomic E-state index is 12.4. The van der Waals surface area contributed by atoms with E-state index in [2.05, 4.69) is 5.32 Å². The Morgan fingerprint density at radius 1 is 1.09 bits per heavy atom. The van der Waals surface area contributed by atoms with Gasteiger partial charge in [0.15, 0.2) is 0 Å². The molecule has 2 fully saturated rings. The van der Waals surface area contributed by atoms with Crippen molar-refractivity contribution in [3.63, 3.8) is 0 Å². The molecule has 1 aliphatic carbocycles. The van der Waals surface area contributed by atoms with Crippen molar-refractivity contribution >= 4 is 11.9 Å². The number of carboxylic acid groups (broad SMARTS) is 1. The van der Waals surface area contributed by atoms with Gasteiger partial charge in [0.25, 0.3) is 5.91 Å². The van der Waals surface area contributed by atoms with Crippen molar-refractivity contribution in [1.82, 2.24) is 5.32 Å². The summed E-state index contributed by atoms with van der Waals surface area (Å²) in [5.74, 6) is -1.12. The van der Waals surface area contributed by atoms with Gasteiger partial charge in [0.1, 0.15) is 0 Å². The van der Waals surface area contributed by atoms with Crippen molar-refractivity contribution < 1.29 is 19.4 Å². The van der Waals surface area contributed by atoms with Gasteiger partial charge in [0, 0.05) is 18.2 Å². The van der Waals surface area contributed by atoms with Crippen LogP contribution in [0.4, 0.5) is 0 Å². The molecule has 5 heteroatoms. The lowest BCUT2D eigenvalue weighted by molar-refractivity contribution is -0.107. The molecular formula is C18H23NO4. The van der Waals surface area contributed by atoms with Crippen molar-refractivity contribution in [3.05, 3.63) is 35.4 Å². The van der Waals surface area contributed by atoms with Gasteiger partial charge < -0.3 is 15.2 Å². The molecule has 0 radical (unpaired) electrons. The third-order valence-electron chi connectivity index (χ3n) is 4.99. The number of hydrogen-bond donors (Lipinski definition) is 2. The van der Waals surface area contributed by atoms with E-state index in [0.29, 0.717) is 12.2 Å². The quantitative estimate of drug-likeness (QED) is 0.898. The molecule has 1 aliphatic heterocycles. The standard InChI is InChI=1S/C18H23NO4/c20-16(13-4-6-14(7-5-13)17(21)22)19-15-8-11-23-18(12-15)9-2-1-3-10-18/h4-7,15H,1-3,8-12H2,(H,19,20)(H,21,22). The van der Waals surface area contributed by atoms with Gasteiger partial charge in [-0.25, -0.2) is 4.79 Å². The predicted molar refractivity (Wildman–Crippen MR) is 85.7 cm³/mol. The molecule has 1 saturated carbocycles. The number of ether oxygens (including phenoxy) is 1. The Morgan fingerprint density at radius 2 is 1.74 bits per heavy atom. The van der Waals surface area contributed by atoms with Gasteiger partial charge in [0.2, 0.25) is 0 Å². The molecule has 2 N–H and O–H groups in total. The number of nitrogens with one attached hydrogen (secondary N) is 1. The van der Waals surface area contributed by atoms with E-state index in [1.54, 1.807) is 12.1 Å². The third kappa shape index (κ3) is 3.72. The molecule has 3 rings (SSSR count). The number of aromatic carboxylic acids is 1. The van der Waals surface area contributed by atoms with Crippen LogP contribution in [-0.2, 0) is 4.74 Å². The Balaban J connectivity index is 1.61. The smallest absolute Gasteiger partial charge is 0.335 e. The third-order valence-corrected chi connectivity index (χ3v) is 4.99. The lowest BCUT2D eigenvalue weighted by atomic mass is 9.78. The van der Waals surface area contributed by atoms with E-state index in [1.807, 2.05) is 0 Å². The molecular weight excluding hydrogens is 294 g/mol. The number of carboxylic acids is 1. The average Bonchev–Trinajstić information content (AvgIpc) is 2.55. The fraction of sp³-hybridized carbons (Fsp3) is 0.556. The SMILES string of the molecule is O=C(O)c1ccc(C(=O)NC2CCOC3(CCCCC3)C2)cc1. The van der Waals surface area contributed by atoms with Crippen LogP contribution in [0.25, 0.3) is 0 Å². The highest BCUT2D eigenvalue weighted by Crippen LogP contribution is 2.38. The van der Waals surface area contributed by atoms with E-state index in [9.17, 15) is 9.59 Å². The van der Waals surface area contributed by atoms with Crippen LogP contribution in [0.5, 0.6) is 0 Å². The van der Waals surface area contributed by atoms with E-state index in [0.717, 1.165) is 25.7 Å². The van der Waals surface area contributed by atoms with Crippen LogP contribution in [0.1, 0.15) is 65.7 Å². The van der Waals surface area contributed by atoms with Crippen LogP contribution in [-0.4, -0.2) is 35.2 Å². The van der Waals surface area contributed by atoms with E-state index >= 15 is 0 Å². The molecule has 1 aromatic rings. The number of carbonyl (C=O) groups is 2. The highest BCUT2D eigenvalue weighted by atomic mass is 16.5. The lowest BCUT2D eigenvalue weighted by Gasteiger charge is -2.43. The molecule has 1 atom stereocenters. The summed E-state index contributed by atoms with van der Waals surface area (Å²) in [6, 6.07) is 6.19. The fourth-order valence-electron chi connectivity index (χ4n) is 3.73. The van der Waals surface area contributed by atoms with Gasteiger partial charge in [-0.05, 0) is 49.9 Å². The number of carbonyl (C=O) groups excluding carboxylic acids is 1. The summed E-state index contributed by atoms with van der Waals surface area (Å²) < 4.78 is 6.05. The van der Waals surface area contributed by atoms with Crippen molar-refractivity contribution in [1.29, 1.82) is 0 Å². The van der Waals surface area contributed by atoms with Gasteiger partial charge in [-0.1, -0.05) is 19.3 Å². The first-order chi connectivity index (χ1) is 11.1. The molecule has 1 spiro atoms. The highest BCUT2D eigenvalue weighted by Gasteiger charge is 2.38. The molecule has 124 valence electrons. The minimum atomic E-state index is -0.986. The first-order valence-corrected chi connectivity index (χ1v) is 8.36. The summed E-state index contributed by atoms with van der Waals surface area (Å²) in [5.41, 5.74) is 0.648. The molecule has 1 unspecified atom stereocenters. The molecule has 0 aromatic heterocycles. The zero-order chi connectivity index (χ0) is 16.3. The second-order valence-corrected chi connectivity index (χ2v) is 6.64. The second kappa shape index (κ2) is 6.71. The van der Waals surface area contributed by atoms with Gasteiger partial charge in [-0.3, -0.25) is 4.79 Å². The first kappa shape index (κ1) is 16.0. The van der Waals surface area contributed by atoms with Crippen LogP contribution in [0.15, 0.2) is 24.3 Å². The maximum Gasteiger partial charge on any atom is 0.335 e. The Kier molecular flexibility index (Phi) is 4.66. The molecule has 5 nitrogen and oxygen atoms in total. The Labute approximate surface area is 136 Å².